The molecule has 2 aliphatic heterocycles. The van der Waals surface area contributed by atoms with Crippen LogP contribution >= 0.6 is 0 Å². The predicted octanol–water partition coefficient (Wildman–Crippen LogP) is 3.51. The molecule has 0 saturated carbocycles. The number of aromatic amines is 2. The lowest BCUT2D eigenvalue weighted by molar-refractivity contribution is -0.135. The molecule has 3 aromatic carbocycles. The summed E-state index contributed by atoms with van der Waals surface area (Å²) >= 11 is 0. The third kappa shape index (κ3) is 4.29. The molecule has 3 N–H and O–H groups in total. The molecule has 2 saturated heterocycles. The molecular formula is C31H28N6O3. The second-order valence-electron chi connectivity index (χ2n) is 10.6. The Kier molecular flexibility index (Phi) is 5.84. The maximum atomic E-state index is 13.9. The summed E-state index contributed by atoms with van der Waals surface area (Å²) in [5, 5.41) is 3.93. The zero-order chi connectivity index (χ0) is 27.2. The van der Waals surface area contributed by atoms with Crippen LogP contribution in [0.25, 0.3) is 21.9 Å². The molecule has 3 amide bonds. The van der Waals surface area contributed by atoms with Crippen LogP contribution < -0.4 is 5.32 Å². The third-order valence-electron chi connectivity index (χ3n) is 8.04. The number of benzene rings is 3. The van der Waals surface area contributed by atoms with E-state index in [1.165, 1.54) is 0 Å². The smallest absolute Gasteiger partial charge is 0.290 e. The van der Waals surface area contributed by atoms with Crippen LogP contribution in [0.3, 0.4) is 0 Å². The van der Waals surface area contributed by atoms with Gasteiger partial charge in [-0.25, -0.2) is 4.98 Å². The molecule has 4 heterocycles. The molecule has 2 aliphatic rings. The van der Waals surface area contributed by atoms with E-state index in [-0.39, 0.29) is 29.8 Å². The lowest BCUT2D eigenvalue weighted by Gasteiger charge is -2.35. The Bertz CT molecular complexity index is 1680. The molecule has 7 rings (SSSR count). The number of para-hydroxylation sites is 3. The van der Waals surface area contributed by atoms with Gasteiger partial charge in [0.05, 0.1) is 23.1 Å². The van der Waals surface area contributed by atoms with Gasteiger partial charge in [-0.15, -0.1) is 0 Å². The maximum Gasteiger partial charge on any atom is 0.290 e. The summed E-state index contributed by atoms with van der Waals surface area (Å²) in [6.07, 6.45) is 1.09. The number of nitrogens with zero attached hydrogens (tertiary/aromatic N) is 3. The van der Waals surface area contributed by atoms with E-state index in [4.69, 9.17) is 0 Å². The SMILES string of the molecule is O=C(NC(Cc1ccccc1)C(=O)N1CC2CC1CN2C(=O)c1nc2ccccc2[nH]1)c1cc2ccccc2[nH]1. The number of aromatic nitrogens is 3. The molecule has 3 atom stereocenters. The molecule has 2 bridgehead atoms. The van der Waals surface area contributed by atoms with Crippen molar-refractivity contribution in [3.63, 3.8) is 0 Å². The minimum Gasteiger partial charge on any atom is -0.351 e. The number of piperazine rings is 1. The molecule has 2 aromatic heterocycles. The number of hydrogen-bond acceptors (Lipinski definition) is 4. The van der Waals surface area contributed by atoms with Crippen LogP contribution in [-0.2, 0) is 11.2 Å². The lowest BCUT2D eigenvalue weighted by atomic mass is 10.0. The highest BCUT2D eigenvalue weighted by Crippen LogP contribution is 2.32. The van der Waals surface area contributed by atoms with Gasteiger partial charge in [0.1, 0.15) is 11.7 Å². The van der Waals surface area contributed by atoms with Gasteiger partial charge in [0.15, 0.2) is 5.82 Å². The first-order valence-electron chi connectivity index (χ1n) is 13.5. The van der Waals surface area contributed by atoms with E-state index in [2.05, 4.69) is 20.3 Å². The molecule has 200 valence electrons. The molecule has 0 spiro atoms. The highest BCUT2D eigenvalue weighted by atomic mass is 16.2. The van der Waals surface area contributed by atoms with Crippen LogP contribution in [0.5, 0.6) is 0 Å². The Morgan fingerprint density at radius 2 is 1.55 bits per heavy atom. The maximum absolute atomic E-state index is 13.9. The first-order chi connectivity index (χ1) is 19.5. The molecule has 2 fully saturated rings. The minimum absolute atomic E-state index is 0.0866. The first-order valence-corrected chi connectivity index (χ1v) is 13.5. The van der Waals surface area contributed by atoms with Crippen LogP contribution in [0, 0.1) is 0 Å². The predicted molar refractivity (Wildman–Crippen MR) is 151 cm³/mol. The molecule has 0 aliphatic carbocycles. The second kappa shape index (κ2) is 9.68. The van der Waals surface area contributed by atoms with Gasteiger partial charge in [0.25, 0.3) is 11.8 Å². The number of H-pyrrole nitrogens is 2. The van der Waals surface area contributed by atoms with E-state index in [0.717, 1.165) is 27.5 Å². The van der Waals surface area contributed by atoms with E-state index >= 15 is 0 Å². The zero-order valence-electron chi connectivity index (χ0n) is 21.7. The number of nitrogens with one attached hydrogen (secondary N) is 3. The Balaban J connectivity index is 1.09. The molecule has 5 aromatic rings. The summed E-state index contributed by atoms with van der Waals surface area (Å²) in [5.74, 6) is -0.281. The van der Waals surface area contributed by atoms with Gasteiger partial charge < -0.3 is 25.1 Å². The van der Waals surface area contributed by atoms with Crippen molar-refractivity contribution in [3.05, 3.63) is 102 Å². The average Bonchev–Trinajstić information content (AvgIpc) is 3.78. The fourth-order valence-electron chi connectivity index (χ4n) is 6.06. The standard InChI is InChI=1S/C31H28N6O3/c38-29(26-15-20-10-4-5-11-23(20)32-26)35-27(14-19-8-2-1-3-9-19)30(39)36-17-22-16-21(36)18-37(22)31(40)28-33-24-12-6-7-13-25(24)34-28/h1-13,15,21-22,27,32H,14,16-18H2,(H,33,34)(H,35,38). The number of imidazole rings is 1. The topological polar surface area (TPSA) is 114 Å². The summed E-state index contributed by atoms with van der Waals surface area (Å²) in [5.41, 5.74) is 3.81. The normalized spacial score (nSPS) is 18.9. The number of rotatable bonds is 6. The Morgan fingerprint density at radius 3 is 2.30 bits per heavy atom. The van der Waals surface area contributed by atoms with E-state index < -0.39 is 6.04 Å². The van der Waals surface area contributed by atoms with E-state index in [1.807, 2.05) is 88.7 Å². The first kappa shape index (κ1) is 24.1. The number of carbonyl (C=O) groups is 3. The number of likely N-dealkylation sites (tertiary alicyclic amines) is 2. The molecular weight excluding hydrogens is 504 g/mol. The second-order valence-corrected chi connectivity index (χ2v) is 10.6. The average molecular weight is 533 g/mol. The number of hydrogen-bond donors (Lipinski definition) is 3. The molecule has 3 unspecified atom stereocenters. The number of amides is 3. The largest absolute Gasteiger partial charge is 0.351 e. The summed E-state index contributed by atoms with van der Waals surface area (Å²) < 4.78 is 0. The summed E-state index contributed by atoms with van der Waals surface area (Å²) in [6.45, 7) is 0.878. The highest BCUT2D eigenvalue weighted by molar-refractivity contribution is 6.00. The van der Waals surface area contributed by atoms with Gasteiger partial charge in [0.2, 0.25) is 5.91 Å². The Labute approximate surface area is 230 Å². The fourth-order valence-corrected chi connectivity index (χ4v) is 6.06. The van der Waals surface area contributed by atoms with Crippen molar-refractivity contribution in [2.75, 3.05) is 13.1 Å². The van der Waals surface area contributed by atoms with Crippen molar-refractivity contribution in [2.24, 2.45) is 0 Å². The molecule has 9 heteroatoms. The lowest BCUT2D eigenvalue weighted by Crippen LogP contribution is -2.56. The summed E-state index contributed by atoms with van der Waals surface area (Å²) in [6, 6.07) is 25.8. The zero-order valence-corrected chi connectivity index (χ0v) is 21.7. The van der Waals surface area contributed by atoms with Gasteiger partial charge in [-0.05, 0) is 36.2 Å². The van der Waals surface area contributed by atoms with Crippen molar-refractivity contribution in [1.82, 2.24) is 30.1 Å². The minimum atomic E-state index is -0.736. The molecule has 9 nitrogen and oxygen atoms in total. The number of fused-ring (bicyclic) bond motifs is 4. The van der Waals surface area contributed by atoms with E-state index in [1.54, 1.807) is 6.07 Å². The number of carbonyl (C=O) groups excluding carboxylic acids is 3. The van der Waals surface area contributed by atoms with Crippen LogP contribution in [0.1, 0.15) is 33.1 Å². The van der Waals surface area contributed by atoms with Crippen molar-refractivity contribution < 1.29 is 14.4 Å². The van der Waals surface area contributed by atoms with Crippen molar-refractivity contribution in [1.29, 1.82) is 0 Å². The summed E-state index contributed by atoms with van der Waals surface area (Å²) in [7, 11) is 0. The Hall–Kier alpha value is -4.92. The van der Waals surface area contributed by atoms with Gasteiger partial charge in [-0.2, -0.15) is 0 Å². The van der Waals surface area contributed by atoms with Crippen LogP contribution in [0.2, 0.25) is 0 Å². The van der Waals surface area contributed by atoms with Gasteiger partial charge in [-0.1, -0.05) is 60.7 Å². The molecule has 0 radical (unpaired) electrons. The van der Waals surface area contributed by atoms with Crippen molar-refractivity contribution >= 4 is 39.7 Å². The summed E-state index contributed by atoms with van der Waals surface area (Å²) in [4.78, 5) is 54.9. The van der Waals surface area contributed by atoms with Crippen LogP contribution in [0.4, 0.5) is 0 Å². The van der Waals surface area contributed by atoms with E-state index in [9.17, 15) is 14.4 Å². The van der Waals surface area contributed by atoms with Gasteiger partial charge in [0, 0.05) is 30.4 Å². The monoisotopic (exact) mass is 532 g/mol. The fraction of sp³-hybridized carbons (Fsp3) is 0.226. The quantitative estimate of drug-likeness (QED) is 0.311. The Morgan fingerprint density at radius 1 is 0.850 bits per heavy atom. The third-order valence-corrected chi connectivity index (χ3v) is 8.04. The van der Waals surface area contributed by atoms with Crippen LogP contribution in [0.15, 0.2) is 84.9 Å². The molecule has 40 heavy (non-hydrogen) atoms. The van der Waals surface area contributed by atoms with Crippen molar-refractivity contribution in [2.45, 2.75) is 31.0 Å². The van der Waals surface area contributed by atoms with Gasteiger partial charge in [-0.3, -0.25) is 14.4 Å². The van der Waals surface area contributed by atoms with Crippen molar-refractivity contribution in [3.8, 4) is 0 Å². The van der Waals surface area contributed by atoms with Crippen LogP contribution in [-0.4, -0.2) is 73.7 Å². The van der Waals surface area contributed by atoms with Gasteiger partial charge >= 0.3 is 0 Å². The highest BCUT2D eigenvalue weighted by Gasteiger charge is 2.48. The van der Waals surface area contributed by atoms with E-state index in [0.29, 0.717) is 37.4 Å².